The fraction of sp³-hybridized carbons (Fsp3) is 0.806. The summed E-state index contributed by atoms with van der Waals surface area (Å²) >= 11 is 12.0. The third-order valence-electron chi connectivity index (χ3n) is 12.3. The summed E-state index contributed by atoms with van der Waals surface area (Å²) in [4.78, 5) is 43.2. The minimum Gasteiger partial charge on any atom is -0.346 e. The van der Waals surface area contributed by atoms with Gasteiger partial charge in [-0.05, 0) is 80.9 Å². The van der Waals surface area contributed by atoms with Crippen molar-refractivity contribution in [3.05, 3.63) is 39.4 Å². The Morgan fingerprint density at radius 1 is 1.08 bits per heavy atom. The van der Waals surface area contributed by atoms with Crippen molar-refractivity contribution in [2.24, 2.45) is 29.4 Å². The number of carbonyl (C=O) groups is 1. The summed E-state index contributed by atoms with van der Waals surface area (Å²) in [6.45, 7) is 12.1. The van der Waals surface area contributed by atoms with Gasteiger partial charge in [0.25, 0.3) is 5.69 Å². The summed E-state index contributed by atoms with van der Waals surface area (Å²) in [5, 5.41) is 11.6. The third kappa shape index (κ3) is 7.84. The van der Waals surface area contributed by atoms with Crippen LogP contribution in [0.3, 0.4) is 0 Å². The third-order valence-corrected chi connectivity index (χ3v) is 12.6. The number of halogens is 2. The van der Waals surface area contributed by atoms with Gasteiger partial charge >= 0.3 is 0 Å². The van der Waals surface area contributed by atoms with Crippen molar-refractivity contribution in [1.29, 1.82) is 0 Å². The molecule has 2 N–H and O–H groups in total. The van der Waals surface area contributed by atoms with Gasteiger partial charge in [0.2, 0.25) is 11.7 Å². The van der Waals surface area contributed by atoms with Crippen molar-refractivity contribution < 1.29 is 29.0 Å². The maximum absolute atomic E-state index is 13.5. The number of nitrogens with two attached hydrogens (primary N) is 1. The topological polar surface area (TPSA) is 133 Å². The number of alkyl halides is 2. The summed E-state index contributed by atoms with van der Waals surface area (Å²) in [5.41, 5.74) is 7.53. The molecule has 5 saturated heterocycles. The largest absolute Gasteiger partial charge is 0.346 e. The van der Waals surface area contributed by atoms with Crippen molar-refractivity contribution in [3.8, 4) is 0 Å². The SMILES string of the molecule is C[C@H]1[C@@H](CCCN2CCN(C(=O)[C@@H](N)Cc3cc([N+](=O)[O-])ccc3CN(CCCl)CCCl)CC2)O[C@@H]2OC3(C)CCC4[C@H](C)CC[C@@H]1C42OO3. The van der Waals surface area contributed by atoms with Crippen LogP contribution in [0, 0.1) is 33.8 Å². The molecular formula is C36H55Cl2N5O7. The van der Waals surface area contributed by atoms with E-state index in [9.17, 15) is 14.9 Å². The van der Waals surface area contributed by atoms with Crippen LogP contribution in [-0.2, 0) is 37.0 Å². The molecule has 1 aromatic rings. The Labute approximate surface area is 306 Å². The van der Waals surface area contributed by atoms with Gasteiger partial charge in [-0.2, -0.15) is 0 Å². The van der Waals surface area contributed by atoms with Crippen LogP contribution in [-0.4, -0.2) is 113 Å². The van der Waals surface area contributed by atoms with E-state index < -0.39 is 28.6 Å². The second-order valence-corrected chi connectivity index (χ2v) is 16.2. The van der Waals surface area contributed by atoms with E-state index in [2.05, 4.69) is 23.6 Å². The molecular weight excluding hydrogens is 685 g/mol. The molecule has 5 aliphatic heterocycles. The smallest absolute Gasteiger partial charge is 0.269 e. The number of hydrogen-bond donors (Lipinski definition) is 1. The molecule has 1 spiro atoms. The highest BCUT2D eigenvalue weighted by Gasteiger charge is 2.69. The molecule has 2 bridgehead atoms. The number of nitrogens with zero attached hydrogens (tertiary/aromatic N) is 4. The summed E-state index contributed by atoms with van der Waals surface area (Å²) in [7, 11) is 0. The van der Waals surface area contributed by atoms with Crippen LogP contribution in [0.1, 0.15) is 70.4 Å². The van der Waals surface area contributed by atoms with Crippen LogP contribution in [0.25, 0.3) is 0 Å². The summed E-state index contributed by atoms with van der Waals surface area (Å²) in [6, 6.07) is 3.98. The van der Waals surface area contributed by atoms with Crippen LogP contribution in [0.15, 0.2) is 18.2 Å². The van der Waals surface area contributed by atoms with Gasteiger partial charge < -0.3 is 20.1 Å². The van der Waals surface area contributed by atoms with E-state index in [0.29, 0.717) is 73.7 Å². The summed E-state index contributed by atoms with van der Waals surface area (Å²) in [5.74, 6) is 1.58. The zero-order valence-electron chi connectivity index (χ0n) is 29.8. The Balaban J connectivity index is 1.00. The quantitative estimate of drug-likeness (QED) is 0.121. The van der Waals surface area contributed by atoms with Crippen molar-refractivity contribution in [3.63, 3.8) is 0 Å². The number of piperazine rings is 1. The van der Waals surface area contributed by atoms with Crippen LogP contribution < -0.4 is 5.73 Å². The Morgan fingerprint density at radius 2 is 1.82 bits per heavy atom. The van der Waals surface area contributed by atoms with Gasteiger partial charge in [-0.25, -0.2) is 9.78 Å². The van der Waals surface area contributed by atoms with Crippen LogP contribution >= 0.6 is 23.2 Å². The minimum atomic E-state index is -0.800. The first-order valence-electron chi connectivity index (χ1n) is 18.5. The number of non-ortho nitro benzene ring substituents is 1. The molecule has 7 rings (SSSR count). The lowest BCUT2D eigenvalue weighted by Gasteiger charge is -2.60. The molecule has 1 aliphatic carbocycles. The van der Waals surface area contributed by atoms with Gasteiger partial charge in [0.15, 0.2) is 11.9 Å². The maximum atomic E-state index is 13.5. The van der Waals surface area contributed by atoms with E-state index in [1.54, 1.807) is 6.07 Å². The zero-order chi connectivity index (χ0) is 35.6. The highest BCUT2D eigenvalue weighted by atomic mass is 35.5. The molecule has 0 radical (unpaired) electrons. The fourth-order valence-corrected chi connectivity index (χ4v) is 9.87. The minimum absolute atomic E-state index is 0.0195. The average molecular weight is 741 g/mol. The number of hydrogen-bond acceptors (Lipinski definition) is 10. The normalized spacial score (nSPS) is 34.7. The second kappa shape index (κ2) is 16.2. The van der Waals surface area contributed by atoms with E-state index in [-0.39, 0.29) is 24.1 Å². The Bertz CT molecular complexity index is 1350. The van der Waals surface area contributed by atoms with E-state index in [1.165, 1.54) is 18.6 Å². The molecule has 0 aromatic heterocycles. The van der Waals surface area contributed by atoms with Crippen LogP contribution in [0.4, 0.5) is 5.69 Å². The fourth-order valence-electron chi connectivity index (χ4n) is 9.40. The Morgan fingerprint density at radius 3 is 2.52 bits per heavy atom. The van der Waals surface area contributed by atoms with Crippen molar-refractivity contribution in [2.45, 2.75) is 102 Å². The van der Waals surface area contributed by atoms with Gasteiger partial charge in [0.1, 0.15) is 0 Å². The Kier molecular flexibility index (Phi) is 12.3. The van der Waals surface area contributed by atoms with Gasteiger partial charge in [-0.15, -0.1) is 23.2 Å². The molecule has 1 aromatic carbocycles. The van der Waals surface area contributed by atoms with Crippen molar-refractivity contribution in [2.75, 3.05) is 57.6 Å². The van der Waals surface area contributed by atoms with Gasteiger partial charge in [-0.3, -0.25) is 24.7 Å². The number of benzene rings is 1. The molecule has 1 saturated carbocycles. The molecule has 1 amide bonds. The first-order valence-corrected chi connectivity index (χ1v) is 19.6. The number of ether oxygens (including phenoxy) is 2. The monoisotopic (exact) mass is 739 g/mol. The average Bonchev–Trinajstić information content (AvgIpc) is 3.33. The first-order chi connectivity index (χ1) is 24.0. The predicted octanol–water partition coefficient (Wildman–Crippen LogP) is 4.92. The predicted molar refractivity (Wildman–Crippen MR) is 191 cm³/mol. The van der Waals surface area contributed by atoms with E-state index in [0.717, 1.165) is 57.3 Å². The molecule has 14 heteroatoms. The molecule has 12 nitrogen and oxygen atoms in total. The molecule has 50 heavy (non-hydrogen) atoms. The first kappa shape index (κ1) is 38.1. The molecule has 5 heterocycles. The zero-order valence-corrected chi connectivity index (χ0v) is 31.3. The summed E-state index contributed by atoms with van der Waals surface area (Å²) < 4.78 is 13.3. The lowest BCUT2D eigenvalue weighted by atomic mass is 9.57. The second-order valence-electron chi connectivity index (χ2n) is 15.4. The van der Waals surface area contributed by atoms with Gasteiger partial charge in [0.05, 0.1) is 17.1 Å². The van der Waals surface area contributed by atoms with Crippen molar-refractivity contribution >= 4 is 34.8 Å². The molecule has 3 unspecified atom stereocenters. The number of nitro benzene ring substituents is 1. The lowest BCUT2D eigenvalue weighted by Crippen LogP contribution is -2.70. The summed E-state index contributed by atoms with van der Waals surface area (Å²) in [6.07, 6.45) is 5.96. The highest BCUT2D eigenvalue weighted by Crippen LogP contribution is 2.60. The van der Waals surface area contributed by atoms with E-state index >= 15 is 0 Å². The van der Waals surface area contributed by atoms with Crippen LogP contribution in [0.5, 0.6) is 0 Å². The number of fused-ring (bicyclic) bond motifs is 2. The van der Waals surface area contributed by atoms with Crippen molar-refractivity contribution in [1.82, 2.24) is 14.7 Å². The van der Waals surface area contributed by atoms with Gasteiger partial charge in [-0.1, -0.05) is 19.9 Å². The molecule has 6 fully saturated rings. The van der Waals surface area contributed by atoms with Crippen LogP contribution in [0.2, 0.25) is 0 Å². The van der Waals surface area contributed by atoms with E-state index in [1.807, 2.05) is 11.8 Å². The molecule has 9 atom stereocenters. The number of rotatable bonds is 14. The maximum Gasteiger partial charge on any atom is 0.269 e. The number of amides is 1. The highest BCUT2D eigenvalue weighted by molar-refractivity contribution is 6.18. The number of nitro groups is 1. The molecule has 280 valence electrons. The Hall–Kier alpha value is -1.61. The molecule has 6 aliphatic rings. The van der Waals surface area contributed by atoms with Gasteiger partial charge in [0, 0.05) is 82.0 Å². The van der Waals surface area contributed by atoms with E-state index in [4.69, 9.17) is 48.2 Å². The lowest BCUT2D eigenvalue weighted by molar-refractivity contribution is -0.571. The number of carbonyl (C=O) groups excluding carboxylic acids is 1. The standard InChI is InChI=1S/C36H55Cl2N5O7/c1-24-6-9-30-25(2)32(47-34-36(30)29(24)10-11-35(3,48-34)49-50-36)5-4-14-40-17-19-42(20-18-40)33(44)31(39)22-27-21-28(43(45)46)8-7-26(27)23-41(15-12-37)16-13-38/h7-8,21,24-25,29-32,34H,4-6,9-20,22-23,39H2,1-3H3/t24-,25-,29?,30+,31+,32-,34-,35?,36?/m1/s1.